The Balaban J connectivity index is 2.20. The lowest BCUT2D eigenvalue weighted by molar-refractivity contribution is -0.361. The Labute approximate surface area is 170 Å². The standard InChI is InChI=1S/C18H11ClF7N3O/c19-14-5-6-15(30-10-12-4-2-1-3-11(12)8-27)13(7-14)9-28-29-18(25,26)16(20,21)17(22,23)24/h1-7,9,29H,10H2/b28-9-. The predicted octanol–water partition coefficient (Wildman–Crippen LogP) is 5.50. The molecule has 160 valence electrons. The van der Waals surface area contributed by atoms with Crippen LogP contribution in [0.15, 0.2) is 47.6 Å². The quantitative estimate of drug-likeness (QED) is 0.260. The highest BCUT2D eigenvalue weighted by molar-refractivity contribution is 6.30. The van der Waals surface area contributed by atoms with E-state index in [0.717, 1.165) is 6.07 Å². The van der Waals surface area contributed by atoms with Crippen LogP contribution < -0.4 is 10.2 Å². The fraction of sp³-hybridized carbons (Fsp3) is 0.222. The van der Waals surface area contributed by atoms with E-state index < -0.39 is 18.1 Å². The van der Waals surface area contributed by atoms with Crippen LogP contribution in [0.2, 0.25) is 5.02 Å². The molecule has 0 radical (unpaired) electrons. The molecule has 2 rings (SSSR count). The van der Waals surface area contributed by atoms with Crippen molar-refractivity contribution in [2.45, 2.75) is 24.8 Å². The molecular weight excluding hydrogens is 443 g/mol. The van der Waals surface area contributed by atoms with E-state index in [1.54, 1.807) is 18.2 Å². The largest absolute Gasteiger partial charge is 0.488 e. The molecule has 12 heteroatoms. The van der Waals surface area contributed by atoms with E-state index >= 15 is 0 Å². The van der Waals surface area contributed by atoms with Crippen molar-refractivity contribution in [2.75, 3.05) is 0 Å². The first-order valence-corrected chi connectivity index (χ1v) is 8.30. The molecule has 0 aliphatic heterocycles. The van der Waals surface area contributed by atoms with Gasteiger partial charge in [0.1, 0.15) is 12.4 Å². The highest BCUT2D eigenvalue weighted by Crippen LogP contribution is 2.45. The van der Waals surface area contributed by atoms with E-state index in [0.29, 0.717) is 22.8 Å². The third-order valence-corrected chi connectivity index (χ3v) is 3.89. The maximum Gasteiger partial charge on any atom is 0.462 e. The van der Waals surface area contributed by atoms with Crippen LogP contribution in [0.3, 0.4) is 0 Å². The van der Waals surface area contributed by atoms with Crippen molar-refractivity contribution in [3.8, 4) is 11.8 Å². The van der Waals surface area contributed by atoms with Gasteiger partial charge in [0.25, 0.3) is 0 Å². The number of hydrogen-bond acceptors (Lipinski definition) is 4. The third kappa shape index (κ3) is 5.13. The highest BCUT2D eigenvalue weighted by Gasteiger charge is 2.73. The van der Waals surface area contributed by atoms with Crippen molar-refractivity contribution in [2.24, 2.45) is 5.10 Å². The molecule has 0 atom stereocenters. The Kier molecular flexibility index (Phi) is 6.82. The third-order valence-electron chi connectivity index (χ3n) is 3.65. The van der Waals surface area contributed by atoms with E-state index in [2.05, 4.69) is 5.10 Å². The van der Waals surface area contributed by atoms with Gasteiger partial charge in [-0.3, -0.25) is 0 Å². The Morgan fingerprint density at radius 3 is 2.37 bits per heavy atom. The summed E-state index contributed by atoms with van der Waals surface area (Å²) in [5.41, 5.74) is 1.24. The Morgan fingerprint density at radius 2 is 1.73 bits per heavy atom. The van der Waals surface area contributed by atoms with Crippen molar-refractivity contribution in [3.05, 3.63) is 64.2 Å². The molecule has 1 N–H and O–H groups in total. The number of hydrazone groups is 1. The van der Waals surface area contributed by atoms with Gasteiger partial charge in [-0.1, -0.05) is 29.8 Å². The van der Waals surface area contributed by atoms with Crippen LogP contribution >= 0.6 is 11.6 Å². The van der Waals surface area contributed by atoms with Crippen molar-refractivity contribution < 1.29 is 35.5 Å². The second kappa shape index (κ2) is 8.79. The van der Waals surface area contributed by atoms with Gasteiger partial charge in [-0.05, 0) is 24.3 Å². The first-order valence-electron chi connectivity index (χ1n) is 7.92. The molecule has 4 nitrogen and oxygen atoms in total. The van der Waals surface area contributed by atoms with Crippen LogP contribution in [0.1, 0.15) is 16.7 Å². The SMILES string of the molecule is N#Cc1ccccc1COc1ccc(Cl)cc1/C=N\NC(F)(F)C(F)(F)C(F)(F)F. The summed E-state index contributed by atoms with van der Waals surface area (Å²) in [6.45, 7) is -0.123. The van der Waals surface area contributed by atoms with Gasteiger partial charge in [0, 0.05) is 16.1 Å². The van der Waals surface area contributed by atoms with Gasteiger partial charge in [0.15, 0.2) is 0 Å². The van der Waals surface area contributed by atoms with E-state index in [1.807, 2.05) is 6.07 Å². The molecule has 2 aromatic carbocycles. The number of hydrogen-bond donors (Lipinski definition) is 1. The van der Waals surface area contributed by atoms with Crippen LogP contribution in [-0.2, 0) is 6.61 Å². The molecule has 0 aliphatic rings. The molecule has 0 saturated carbocycles. The van der Waals surface area contributed by atoms with E-state index in [9.17, 15) is 30.7 Å². The highest BCUT2D eigenvalue weighted by atomic mass is 35.5. The van der Waals surface area contributed by atoms with Crippen LogP contribution in [0, 0.1) is 11.3 Å². The fourth-order valence-electron chi connectivity index (χ4n) is 2.09. The number of nitrogens with one attached hydrogen (secondary N) is 1. The van der Waals surface area contributed by atoms with Crippen molar-refractivity contribution in [1.82, 2.24) is 5.43 Å². The van der Waals surface area contributed by atoms with Crippen molar-refractivity contribution >= 4 is 17.8 Å². The number of benzene rings is 2. The minimum Gasteiger partial charge on any atom is -0.488 e. The van der Waals surface area contributed by atoms with Crippen LogP contribution in [0.4, 0.5) is 30.7 Å². The van der Waals surface area contributed by atoms with Crippen LogP contribution in [-0.4, -0.2) is 24.4 Å². The monoisotopic (exact) mass is 453 g/mol. The number of nitrogens with zero attached hydrogens (tertiary/aromatic N) is 2. The summed E-state index contributed by atoms with van der Waals surface area (Å²) >= 11 is 5.79. The lowest BCUT2D eigenvalue weighted by Crippen LogP contribution is -2.58. The minimum atomic E-state index is -6.49. The first kappa shape index (κ1) is 23.3. The molecule has 0 amide bonds. The van der Waals surface area contributed by atoms with Crippen LogP contribution in [0.25, 0.3) is 0 Å². The zero-order valence-electron chi connectivity index (χ0n) is 14.7. The Bertz CT molecular complexity index is 971. The molecule has 0 spiro atoms. The minimum absolute atomic E-state index is 0.00332. The molecule has 0 unspecified atom stereocenters. The summed E-state index contributed by atoms with van der Waals surface area (Å²) in [5.74, 6) is -6.35. The Hall–Kier alpha value is -3.00. The topological polar surface area (TPSA) is 57.4 Å². The van der Waals surface area contributed by atoms with E-state index in [1.165, 1.54) is 18.2 Å². The zero-order valence-corrected chi connectivity index (χ0v) is 15.4. The maximum absolute atomic E-state index is 13.3. The van der Waals surface area contributed by atoms with Gasteiger partial charge in [0.05, 0.1) is 17.8 Å². The fourth-order valence-corrected chi connectivity index (χ4v) is 2.27. The average Bonchev–Trinajstić information content (AvgIpc) is 2.66. The van der Waals surface area contributed by atoms with E-state index in [-0.39, 0.29) is 22.9 Å². The van der Waals surface area contributed by atoms with Gasteiger partial charge >= 0.3 is 18.1 Å². The summed E-state index contributed by atoms with van der Waals surface area (Å²) in [4.78, 5) is 0. The lowest BCUT2D eigenvalue weighted by Gasteiger charge is -2.27. The van der Waals surface area contributed by atoms with Gasteiger partial charge in [0.2, 0.25) is 0 Å². The summed E-state index contributed by atoms with van der Waals surface area (Å²) in [7, 11) is 0. The second-order valence-electron chi connectivity index (χ2n) is 5.76. The number of halogens is 8. The second-order valence-corrected chi connectivity index (χ2v) is 6.19. The number of ether oxygens (including phenoxy) is 1. The molecule has 0 aliphatic carbocycles. The summed E-state index contributed by atoms with van der Waals surface area (Å²) in [5, 5.41) is 11.9. The smallest absolute Gasteiger partial charge is 0.462 e. The lowest BCUT2D eigenvalue weighted by atomic mass is 10.1. The predicted molar refractivity (Wildman–Crippen MR) is 93.6 cm³/mol. The van der Waals surface area contributed by atoms with Gasteiger partial charge < -0.3 is 4.74 Å². The molecule has 0 bridgehead atoms. The summed E-state index contributed by atoms with van der Waals surface area (Å²) < 4.78 is 94.1. The zero-order chi connectivity index (χ0) is 22.6. The van der Waals surface area contributed by atoms with Gasteiger partial charge in [-0.25, -0.2) is 5.43 Å². The molecule has 30 heavy (non-hydrogen) atoms. The van der Waals surface area contributed by atoms with Gasteiger partial charge in [-0.2, -0.15) is 41.1 Å². The molecule has 0 aromatic heterocycles. The Morgan fingerprint density at radius 1 is 1.07 bits per heavy atom. The molecule has 0 fully saturated rings. The number of nitriles is 1. The maximum atomic E-state index is 13.3. The molecule has 0 heterocycles. The molecule has 2 aromatic rings. The molecule has 0 saturated heterocycles. The molecular formula is C18H11ClF7N3O. The summed E-state index contributed by atoms with van der Waals surface area (Å²) in [6.07, 6.45) is -5.94. The normalized spacial score (nSPS) is 12.6. The number of alkyl halides is 7. The van der Waals surface area contributed by atoms with Crippen LogP contribution in [0.5, 0.6) is 5.75 Å². The number of rotatable bonds is 7. The average molecular weight is 454 g/mol. The van der Waals surface area contributed by atoms with Gasteiger partial charge in [-0.15, -0.1) is 0 Å². The van der Waals surface area contributed by atoms with E-state index in [4.69, 9.17) is 21.6 Å². The van der Waals surface area contributed by atoms with Crippen molar-refractivity contribution in [3.63, 3.8) is 0 Å². The van der Waals surface area contributed by atoms with Crippen molar-refractivity contribution in [1.29, 1.82) is 5.26 Å². The first-order chi connectivity index (χ1) is 13.9. The summed E-state index contributed by atoms with van der Waals surface area (Å²) in [6, 6.07) is 6.50.